The summed E-state index contributed by atoms with van der Waals surface area (Å²) >= 11 is 6.11. The molecule has 0 radical (unpaired) electrons. The van der Waals surface area contributed by atoms with Gasteiger partial charge in [-0.2, -0.15) is 0 Å². The number of rotatable bonds is 6. The first kappa shape index (κ1) is 19.5. The normalized spacial score (nSPS) is 17.0. The second kappa shape index (κ2) is 8.34. The van der Waals surface area contributed by atoms with Crippen LogP contribution in [0.3, 0.4) is 0 Å². The number of aliphatic hydroxyl groups excluding tert-OH is 1. The molecule has 1 aliphatic rings. The number of likely N-dealkylation sites (tertiary alicyclic amines) is 1. The van der Waals surface area contributed by atoms with E-state index in [2.05, 4.69) is 27.1 Å². The molecule has 5 rings (SSSR count). The van der Waals surface area contributed by atoms with Gasteiger partial charge in [0.25, 0.3) is 0 Å². The van der Waals surface area contributed by atoms with E-state index in [4.69, 9.17) is 16.3 Å². The minimum atomic E-state index is -0.508. The highest BCUT2D eigenvalue weighted by molar-refractivity contribution is 6.31. The van der Waals surface area contributed by atoms with Crippen molar-refractivity contribution < 1.29 is 9.84 Å². The average Bonchev–Trinajstić information content (AvgIpc) is 3.39. The number of ether oxygens (including phenoxy) is 1. The van der Waals surface area contributed by atoms with Gasteiger partial charge in [0, 0.05) is 45.8 Å². The molecular formula is C24H26ClN3O2. The van der Waals surface area contributed by atoms with E-state index in [1.54, 1.807) is 0 Å². The maximum atomic E-state index is 10.5. The van der Waals surface area contributed by atoms with Crippen molar-refractivity contribution in [2.45, 2.75) is 24.9 Å². The van der Waals surface area contributed by atoms with Crippen LogP contribution in [0.15, 0.2) is 54.9 Å². The number of halogens is 1. The van der Waals surface area contributed by atoms with Crippen LogP contribution in [-0.4, -0.2) is 52.3 Å². The Morgan fingerprint density at radius 2 is 1.93 bits per heavy atom. The molecule has 1 saturated heterocycles. The number of aliphatic hydroxyl groups is 1. The topological polar surface area (TPSA) is 64.3 Å². The highest BCUT2D eigenvalue weighted by Gasteiger charge is 2.24. The van der Waals surface area contributed by atoms with Crippen LogP contribution in [0.4, 0.5) is 0 Å². The Labute approximate surface area is 180 Å². The zero-order chi connectivity index (χ0) is 20.5. The SMILES string of the molecule is OC(COc1cccc2[nH]ccc12)CN1CCC(c2c[nH]c3cc(Cl)ccc23)CC1. The molecule has 0 aliphatic carbocycles. The number of aromatic nitrogens is 2. The maximum Gasteiger partial charge on any atom is 0.128 e. The Kier molecular flexibility index (Phi) is 5.42. The van der Waals surface area contributed by atoms with E-state index in [0.717, 1.165) is 53.1 Å². The number of piperidine rings is 1. The predicted octanol–water partition coefficient (Wildman–Crippen LogP) is 4.92. The maximum absolute atomic E-state index is 10.5. The second-order valence-electron chi connectivity index (χ2n) is 8.17. The number of hydrogen-bond donors (Lipinski definition) is 3. The molecule has 0 bridgehead atoms. The number of fused-ring (bicyclic) bond motifs is 2. The van der Waals surface area contributed by atoms with E-state index < -0.39 is 6.10 Å². The Hall–Kier alpha value is -2.47. The lowest BCUT2D eigenvalue weighted by atomic mass is 9.89. The summed E-state index contributed by atoms with van der Waals surface area (Å²) in [5, 5.41) is 13.6. The summed E-state index contributed by atoms with van der Waals surface area (Å²) in [5.74, 6) is 1.35. The number of nitrogens with one attached hydrogen (secondary N) is 2. The predicted molar refractivity (Wildman–Crippen MR) is 122 cm³/mol. The summed E-state index contributed by atoms with van der Waals surface area (Å²) in [4.78, 5) is 8.88. The smallest absolute Gasteiger partial charge is 0.128 e. The first-order chi connectivity index (χ1) is 14.7. The Morgan fingerprint density at radius 1 is 1.07 bits per heavy atom. The van der Waals surface area contributed by atoms with Gasteiger partial charge in [0.15, 0.2) is 0 Å². The molecule has 3 heterocycles. The van der Waals surface area contributed by atoms with E-state index in [9.17, 15) is 5.11 Å². The minimum absolute atomic E-state index is 0.299. The van der Waals surface area contributed by atoms with Gasteiger partial charge < -0.3 is 24.7 Å². The average molecular weight is 424 g/mol. The summed E-state index contributed by atoms with van der Waals surface area (Å²) in [6.07, 6.45) is 5.70. The number of aromatic amines is 2. The molecule has 30 heavy (non-hydrogen) atoms. The molecule has 0 spiro atoms. The summed E-state index contributed by atoms with van der Waals surface area (Å²) in [7, 11) is 0. The monoisotopic (exact) mass is 423 g/mol. The number of benzene rings is 2. The van der Waals surface area contributed by atoms with Gasteiger partial charge in [0.05, 0.1) is 0 Å². The molecule has 1 atom stereocenters. The van der Waals surface area contributed by atoms with Crippen LogP contribution >= 0.6 is 11.6 Å². The molecule has 156 valence electrons. The lowest BCUT2D eigenvalue weighted by Gasteiger charge is -2.33. The Balaban J connectivity index is 1.14. The zero-order valence-electron chi connectivity index (χ0n) is 16.8. The van der Waals surface area contributed by atoms with Crippen molar-refractivity contribution in [3.63, 3.8) is 0 Å². The molecule has 2 aromatic heterocycles. The van der Waals surface area contributed by atoms with Gasteiger partial charge in [-0.25, -0.2) is 0 Å². The van der Waals surface area contributed by atoms with E-state index in [1.807, 2.05) is 42.6 Å². The van der Waals surface area contributed by atoms with E-state index in [-0.39, 0.29) is 0 Å². The fourth-order valence-corrected chi connectivity index (χ4v) is 4.78. The second-order valence-corrected chi connectivity index (χ2v) is 8.61. The van der Waals surface area contributed by atoms with Gasteiger partial charge >= 0.3 is 0 Å². The first-order valence-electron chi connectivity index (χ1n) is 10.5. The molecule has 1 unspecified atom stereocenters. The van der Waals surface area contributed by atoms with Gasteiger partial charge in [-0.05, 0) is 67.7 Å². The molecule has 6 heteroatoms. The third-order valence-electron chi connectivity index (χ3n) is 6.16. The number of β-amino-alcohol motifs (C(OH)–C–C–N with tert-alkyl or cyclic N) is 1. The highest BCUT2D eigenvalue weighted by atomic mass is 35.5. The van der Waals surface area contributed by atoms with Crippen molar-refractivity contribution in [2.75, 3.05) is 26.2 Å². The van der Waals surface area contributed by atoms with E-state index in [0.29, 0.717) is 19.1 Å². The summed E-state index contributed by atoms with van der Waals surface area (Å²) < 4.78 is 5.91. The lowest BCUT2D eigenvalue weighted by Crippen LogP contribution is -2.40. The number of nitrogens with zero attached hydrogens (tertiary/aromatic N) is 1. The number of hydrogen-bond acceptors (Lipinski definition) is 3. The van der Waals surface area contributed by atoms with Crippen LogP contribution in [0.1, 0.15) is 24.3 Å². The largest absolute Gasteiger partial charge is 0.490 e. The third kappa shape index (κ3) is 3.93. The highest BCUT2D eigenvalue weighted by Crippen LogP contribution is 2.34. The van der Waals surface area contributed by atoms with Crippen LogP contribution in [0.2, 0.25) is 5.02 Å². The molecule has 2 aromatic carbocycles. The van der Waals surface area contributed by atoms with Crippen molar-refractivity contribution in [2.24, 2.45) is 0 Å². The van der Waals surface area contributed by atoms with Crippen LogP contribution in [0.5, 0.6) is 5.75 Å². The van der Waals surface area contributed by atoms with Crippen molar-refractivity contribution in [1.29, 1.82) is 0 Å². The molecule has 1 aliphatic heterocycles. The van der Waals surface area contributed by atoms with Crippen LogP contribution in [0.25, 0.3) is 21.8 Å². The Morgan fingerprint density at radius 3 is 2.80 bits per heavy atom. The molecule has 0 saturated carbocycles. The third-order valence-corrected chi connectivity index (χ3v) is 6.39. The summed E-state index contributed by atoms with van der Waals surface area (Å²) in [6.45, 7) is 2.90. The quantitative estimate of drug-likeness (QED) is 0.412. The van der Waals surface area contributed by atoms with Crippen molar-refractivity contribution in [3.05, 3.63) is 65.4 Å². The minimum Gasteiger partial charge on any atom is -0.490 e. The van der Waals surface area contributed by atoms with Gasteiger partial charge in [0.2, 0.25) is 0 Å². The van der Waals surface area contributed by atoms with E-state index >= 15 is 0 Å². The van der Waals surface area contributed by atoms with Gasteiger partial charge in [0.1, 0.15) is 18.5 Å². The molecule has 0 amide bonds. The molecular weight excluding hydrogens is 398 g/mol. The van der Waals surface area contributed by atoms with Crippen molar-refractivity contribution >= 4 is 33.4 Å². The van der Waals surface area contributed by atoms with Crippen LogP contribution < -0.4 is 4.74 Å². The van der Waals surface area contributed by atoms with Crippen molar-refractivity contribution in [3.8, 4) is 5.75 Å². The zero-order valence-corrected chi connectivity index (χ0v) is 17.5. The van der Waals surface area contributed by atoms with Gasteiger partial charge in [-0.1, -0.05) is 23.7 Å². The molecule has 4 aromatic rings. The lowest BCUT2D eigenvalue weighted by molar-refractivity contribution is 0.0599. The van der Waals surface area contributed by atoms with Crippen LogP contribution in [-0.2, 0) is 0 Å². The molecule has 1 fully saturated rings. The Bertz CT molecular complexity index is 1140. The fraction of sp³-hybridized carbons (Fsp3) is 0.333. The van der Waals surface area contributed by atoms with E-state index in [1.165, 1.54) is 10.9 Å². The fourth-order valence-electron chi connectivity index (χ4n) is 4.60. The van der Waals surface area contributed by atoms with Crippen molar-refractivity contribution in [1.82, 2.24) is 14.9 Å². The van der Waals surface area contributed by atoms with Crippen LogP contribution in [0, 0.1) is 0 Å². The molecule has 3 N–H and O–H groups in total. The standard InChI is InChI=1S/C24H26ClN3O2/c25-17-4-5-19-21(13-27-23(19)12-17)16-7-10-28(11-8-16)14-18(29)15-30-24-3-1-2-22-20(24)6-9-26-22/h1-6,9,12-13,16,18,26-27,29H,7-8,10-11,14-15H2. The molecule has 5 nitrogen and oxygen atoms in total. The summed E-state index contributed by atoms with van der Waals surface area (Å²) in [6, 6.07) is 14.0. The number of H-pyrrole nitrogens is 2. The summed E-state index contributed by atoms with van der Waals surface area (Å²) in [5.41, 5.74) is 3.53. The first-order valence-corrected chi connectivity index (χ1v) is 10.9. The van der Waals surface area contributed by atoms with Gasteiger partial charge in [-0.15, -0.1) is 0 Å². The van der Waals surface area contributed by atoms with Gasteiger partial charge in [-0.3, -0.25) is 0 Å².